The lowest BCUT2D eigenvalue weighted by molar-refractivity contribution is -0.131. The van der Waals surface area contributed by atoms with Gasteiger partial charge in [-0.05, 0) is 79.3 Å². The van der Waals surface area contributed by atoms with Crippen LogP contribution in [0, 0.1) is 0 Å². The molecule has 3 heterocycles. The molecule has 2 aliphatic rings. The van der Waals surface area contributed by atoms with E-state index in [9.17, 15) is 9.59 Å². The zero-order valence-electron chi connectivity index (χ0n) is 21.8. The van der Waals surface area contributed by atoms with Gasteiger partial charge in [0.1, 0.15) is 5.75 Å². The fourth-order valence-electron chi connectivity index (χ4n) is 5.89. The lowest BCUT2D eigenvalue weighted by Crippen LogP contribution is -2.36. The molecule has 0 bridgehead atoms. The summed E-state index contributed by atoms with van der Waals surface area (Å²) in [4.78, 5) is 28.9. The van der Waals surface area contributed by atoms with Gasteiger partial charge in [-0.1, -0.05) is 18.2 Å². The van der Waals surface area contributed by atoms with E-state index in [1.54, 1.807) is 13.2 Å². The van der Waals surface area contributed by atoms with Gasteiger partial charge in [0, 0.05) is 56.0 Å². The number of benzene rings is 2. The molecule has 5 rings (SSSR count). The van der Waals surface area contributed by atoms with Gasteiger partial charge in [-0.25, -0.2) is 0 Å². The van der Waals surface area contributed by atoms with Crippen LogP contribution in [0.5, 0.6) is 5.75 Å². The van der Waals surface area contributed by atoms with E-state index < -0.39 is 0 Å². The van der Waals surface area contributed by atoms with Crippen molar-refractivity contribution in [1.82, 2.24) is 14.4 Å². The summed E-state index contributed by atoms with van der Waals surface area (Å²) in [5.74, 6) is 0.742. The van der Waals surface area contributed by atoms with Crippen molar-refractivity contribution < 1.29 is 14.3 Å². The van der Waals surface area contributed by atoms with Gasteiger partial charge < -0.3 is 24.8 Å². The SMILES string of the molecule is COc1ccc(CC(=O)N2CCCCC2)cc1CCN1CCC(n2ccc3ccc(C(N)=O)cc32)CC1. The Morgan fingerprint density at radius 1 is 0.973 bits per heavy atom. The molecule has 1 aromatic heterocycles. The van der Waals surface area contributed by atoms with Gasteiger partial charge in [-0.15, -0.1) is 0 Å². The summed E-state index contributed by atoms with van der Waals surface area (Å²) >= 11 is 0. The number of amides is 2. The van der Waals surface area contributed by atoms with Crippen LogP contribution in [0.3, 0.4) is 0 Å². The average molecular weight is 503 g/mol. The quantitative estimate of drug-likeness (QED) is 0.501. The van der Waals surface area contributed by atoms with Crippen LogP contribution in [-0.4, -0.2) is 66.0 Å². The highest BCUT2D eigenvalue weighted by atomic mass is 16.5. The molecule has 7 heteroatoms. The Bertz CT molecular complexity index is 1250. The Balaban J connectivity index is 1.18. The van der Waals surface area contributed by atoms with Crippen molar-refractivity contribution in [2.45, 2.75) is 51.0 Å². The lowest BCUT2D eigenvalue weighted by Gasteiger charge is -2.33. The number of piperidine rings is 2. The second-order valence-electron chi connectivity index (χ2n) is 10.4. The summed E-state index contributed by atoms with van der Waals surface area (Å²) in [5.41, 5.74) is 9.38. The first-order chi connectivity index (χ1) is 18.0. The summed E-state index contributed by atoms with van der Waals surface area (Å²) < 4.78 is 7.96. The predicted molar refractivity (Wildman–Crippen MR) is 146 cm³/mol. The van der Waals surface area contributed by atoms with Gasteiger partial charge in [0.25, 0.3) is 0 Å². The first-order valence-electron chi connectivity index (χ1n) is 13.6. The smallest absolute Gasteiger partial charge is 0.248 e. The third-order valence-electron chi connectivity index (χ3n) is 8.06. The number of carbonyl (C=O) groups is 2. The van der Waals surface area contributed by atoms with Crippen molar-refractivity contribution in [3.63, 3.8) is 0 Å². The van der Waals surface area contributed by atoms with Crippen molar-refractivity contribution in [3.05, 3.63) is 65.4 Å². The van der Waals surface area contributed by atoms with Gasteiger partial charge >= 0.3 is 0 Å². The maximum Gasteiger partial charge on any atom is 0.248 e. The van der Waals surface area contributed by atoms with E-state index in [0.29, 0.717) is 18.0 Å². The van der Waals surface area contributed by atoms with Crippen LogP contribution >= 0.6 is 0 Å². The molecule has 2 saturated heterocycles. The monoisotopic (exact) mass is 502 g/mol. The third kappa shape index (κ3) is 5.82. The molecular formula is C30H38N4O3. The van der Waals surface area contributed by atoms with E-state index in [1.807, 2.05) is 29.2 Å². The number of nitrogens with zero attached hydrogens (tertiary/aromatic N) is 3. The molecule has 2 amide bonds. The third-order valence-corrected chi connectivity index (χ3v) is 8.06. The highest BCUT2D eigenvalue weighted by Crippen LogP contribution is 2.29. The van der Waals surface area contributed by atoms with Gasteiger partial charge in [0.05, 0.1) is 13.5 Å². The number of ether oxygens (including phenoxy) is 1. The summed E-state index contributed by atoms with van der Waals surface area (Å²) in [6.45, 7) is 4.79. The van der Waals surface area contributed by atoms with E-state index in [4.69, 9.17) is 10.5 Å². The molecule has 0 radical (unpaired) electrons. The van der Waals surface area contributed by atoms with E-state index in [2.05, 4.69) is 27.8 Å². The Kier molecular flexibility index (Phi) is 7.79. The number of hydrogen-bond donors (Lipinski definition) is 1. The summed E-state index contributed by atoms with van der Waals surface area (Å²) in [5, 5.41) is 1.14. The van der Waals surface area contributed by atoms with E-state index >= 15 is 0 Å². The summed E-state index contributed by atoms with van der Waals surface area (Å²) in [6.07, 6.45) is 9.08. The minimum Gasteiger partial charge on any atom is -0.496 e. The van der Waals surface area contributed by atoms with E-state index in [0.717, 1.165) is 87.0 Å². The molecule has 0 spiro atoms. The maximum atomic E-state index is 12.8. The molecule has 37 heavy (non-hydrogen) atoms. The van der Waals surface area contributed by atoms with Crippen LogP contribution in [-0.2, 0) is 17.6 Å². The molecular weight excluding hydrogens is 464 g/mol. The van der Waals surface area contributed by atoms with Gasteiger partial charge in [0.15, 0.2) is 0 Å². The Labute approximate surface area is 219 Å². The van der Waals surface area contributed by atoms with E-state index in [1.165, 1.54) is 12.0 Å². The fourth-order valence-corrected chi connectivity index (χ4v) is 5.89. The van der Waals surface area contributed by atoms with Gasteiger partial charge in [-0.3, -0.25) is 9.59 Å². The molecule has 3 aromatic rings. The summed E-state index contributed by atoms with van der Waals surface area (Å²) in [6, 6.07) is 14.4. The fraction of sp³-hybridized carbons (Fsp3) is 0.467. The van der Waals surface area contributed by atoms with Crippen LogP contribution in [0.1, 0.15) is 59.6 Å². The highest BCUT2D eigenvalue weighted by molar-refractivity contribution is 5.97. The maximum absolute atomic E-state index is 12.8. The molecule has 196 valence electrons. The van der Waals surface area contributed by atoms with Gasteiger partial charge in [0.2, 0.25) is 11.8 Å². The zero-order chi connectivity index (χ0) is 25.8. The number of aromatic nitrogens is 1. The highest BCUT2D eigenvalue weighted by Gasteiger charge is 2.22. The normalized spacial score (nSPS) is 17.3. The standard InChI is InChI=1S/C30H38N4O3/c1-37-28-8-5-22(20-29(35)33-13-3-2-4-14-33)19-24(28)9-15-32-16-11-26(12-17-32)34-18-10-23-6-7-25(30(31)36)21-27(23)34/h5-8,10,18-19,21,26H,2-4,9,11-17,20H2,1H3,(H2,31,36). The number of methoxy groups -OCH3 is 1. The second-order valence-corrected chi connectivity index (χ2v) is 10.4. The first kappa shape index (κ1) is 25.3. The molecule has 2 aliphatic heterocycles. The first-order valence-corrected chi connectivity index (χ1v) is 13.6. The van der Waals surface area contributed by atoms with Crippen LogP contribution in [0.25, 0.3) is 10.9 Å². The second kappa shape index (κ2) is 11.4. The molecule has 0 saturated carbocycles. The number of nitrogens with two attached hydrogens (primary N) is 1. The number of carbonyl (C=O) groups excluding carboxylic acids is 2. The zero-order valence-corrected chi connectivity index (χ0v) is 21.8. The molecule has 7 nitrogen and oxygen atoms in total. The minimum atomic E-state index is -0.389. The van der Waals surface area contributed by atoms with Crippen LogP contribution in [0.15, 0.2) is 48.7 Å². The lowest BCUT2D eigenvalue weighted by atomic mass is 10.0. The minimum absolute atomic E-state index is 0.235. The number of hydrogen-bond acceptors (Lipinski definition) is 4. The van der Waals surface area contributed by atoms with Crippen molar-refractivity contribution in [2.24, 2.45) is 5.73 Å². The largest absolute Gasteiger partial charge is 0.496 e. The van der Waals surface area contributed by atoms with Crippen molar-refractivity contribution in [2.75, 3.05) is 39.8 Å². The number of primary amides is 1. The number of fused-ring (bicyclic) bond motifs is 1. The number of rotatable bonds is 8. The van der Waals surface area contributed by atoms with Crippen molar-refractivity contribution in [1.29, 1.82) is 0 Å². The van der Waals surface area contributed by atoms with Crippen LogP contribution < -0.4 is 10.5 Å². The molecule has 2 N–H and O–H groups in total. The Morgan fingerprint density at radius 3 is 2.49 bits per heavy atom. The molecule has 0 atom stereocenters. The van der Waals surface area contributed by atoms with Gasteiger partial charge in [-0.2, -0.15) is 0 Å². The predicted octanol–water partition coefficient (Wildman–Crippen LogP) is 4.18. The molecule has 2 aromatic carbocycles. The molecule has 0 unspecified atom stereocenters. The van der Waals surface area contributed by atoms with Crippen LogP contribution in [0.4, 0.5) is 0 Å². The average Bonchev–Trinajstić information content (AvgIpc) is 3.36. The molecule has 0 aliphatic carbocycles. The Hall–Kier alpha value is -3.32. The Morgan fingerprint density at radius 2 is 1.76 bits per heavy atom. The van der Waals surface area contributed by atoms with Crippen LogP contribution in [0.2, 0.25) is 0 Å². The van der Waals surface area contributed by atoms with Crippen molar-refractivity contribution >= 4 is 22.7 Å². The molecule has 2 fully saturated rings. The van der Waals surface area contributed by atoms with E-state index in [-0.39, 0.29) is 11.8 Å². The van der Waals surface area contributed by atoms with Crippen molar-refractivity contribution in [3.8, 4) is 5.75 Å². The summed E-state index contributed by atoms with van der Waals surface area (Å²) in [7, 11) is 1.72. The number of likely N-dealkylation sites (tertiary alicyclic amines) is 2. The topological polar surface area (TPSA) is 80.8 Å².